The fourth-order valence-corrected chi connectivity index (χ4v) is 6.39. The molecular formula is C23H27N5O3S. The zero-order valence-corrected chi connectivity index (χ0v) is 18.8. The molecule has 0 spiro atoms. The van der Waals surface area contributed by atoms with Crippen LogP contribution in [0.2, 0.25) is 0 Å². The van der Waals surface area contributed by atoms with Crippen molar-refractivity contribution in [3.8, 4) is 5.75 Å². The molecule has 0 aliphatic carbocycles. The molecule has 0 radical (unpaired) electrons. The van der Waals surface area contributed by atoms with Gasteiger partial charge in [-0.3, -0.25) is 18.7 Å². The van der Waals surface area contributed by atoms with Crippen LogP contribution in [-0.4, -0.2) is 51.3 Å². The van der Waals surface area contributed by atoms with E-state index >= 15 is 0 Å². The van der Waals surface area contributed by atoms with Gasteiger partial charge in [0.25, 0.3) is 11.1 Å². The first kappa shape index (κ1) is 20.1. The van der Waals surface area contributed by atoms with E-state index in [1.807, 2.05) is 11.3 Å². The number of fused-ring (bicyclic) bond motifs is 1. The smallest absolute Gasteiger partial charge is 0.270 e. The number of hydrogen-bond donors (Lipinski definition) is 1. The van der Waals surface area contributed by atoms with Gasteiger partial charge in [-0.1, -0.05) is 0 Å². The molecule has 32 heavy (non-hydrogen) atoms. The van der Waals surface area contributed by atoms with Crippen LogP contribution in [0, 0.1) is 0 Å². The Hall–Kier alpha value is -2.49. The standard InChI is InChI=1S/C23H27N5O3S/c29-21-4-3-18-23-27(21)14-16(28(23)22(30)12-25-18)13-26-7-5-15(6-8-26)24-11-17-10-19-20(32-17)2-1-9-31-19/h3-4,10,12,15-16,24H,1-2,5-9,11,13-14H2/t16-/m1/s1. The molecule has 1 fully saturated rings. The molecule has 0 bridgehead atoms. The van der Waals surface area contributed by atoms with Crippen LogP contribution in [-0.2, 0) is 19.5 Å². The molecule has 0 amide bonds. The van der Waals surface area contributed by atoms with Gasteiger partial charge in [-0.25, -0.2) is 4.98 Å². The topological polar surface area (TPSA) is 81.4 Å². The Balaban J connectivity index is 1.07. The Bertz CT molecular complexity index is 1240. The van der Waals surface area contributed by atoms with E-state index in [1.165, 1.54) is 16.0 Å². The second-order valence-corrected chi connectivity index (χ2v) is 10.2. The first-order valence-corrected chi connectivity index (χ1v) is 12.3. The SMILES string of the molecule is O=c1ccc2ncc(=O)n3c2n1C[C@H]3CN1CCC(NCc2cc3c(s2)CCCO3)CC1. The summed E-state index contributed by atoms with van der Waals surface area (Å²) < 4.78 is 9.23. The van der Waals surface area contributed by atoms with E-state index in [1.54, 1.807) is 21.3 Å². The molecule has 6 rings (SSSR count). The number of aromatic nitrogens is 3. The molecule has 1 saturated heterocycles. The van der Waals surface area contributed by atoms with Gasteiger partial charge in [-0.2, -0.15) is 0 Å². The number of thiophene rings is 1. The van der Waals surface area contributed by atoms with Crippen LogP contribution < -0.4 is 21.2 Å². The van der Waals surface area contributed by atoms with E-state index in [0.717, 1.165) is 64.2 Å². The maximum absolute atomic E-state index is 12.6. The first-order valence-electron chi connectivity index (χ1n) is 11.5. The average molecular weight is 454 g/mol. The average Bonchev–Trinajstić information content (AvgIpc) is 3.40. The number of rotatable bonds is 5. The van der Waals surface area contributed by atoms with Gasteiger partial charge in [-0.15, -0.1) is 11.3 Å². The summed E-state index contributed by atoms with van der Waals surface area (Å²) in [6.45, 7) is 5.05. The van der Waals surface area contributed by atoms with Crippen LogP contribution >= 0.6 is 11.3 Å². The van der Waals surface area contributed by atoms with Crippen LogP contribution in [0.4, 0.5) is 0 Å². The molecular weight excluding hydrogens is 426 g/mol. The summed E-state index contributed by atoms with van der Waals surface area (Å²) in [6.07, 6.45) is 5.81. The predicted molar refractivity (Wildman–Crippen MR) is 124 cm³/mol. The highest BCUT2D eigenvalue weighted by Crippen LogP contribution is 2.33. The first-order chi connectivity index (χ1) is 15.7. The molecule has 0 aromatic carbocycles. The van der Waals surface area contributed by atoms with E-state index < -0.39 is 0 Å². The lowest BCUT2D eigenvalue weighted by molar-refractivity contribution is 0.171. The van der Waals surface area contributed by atoms with Gasteiger partial charge in [0.05, 0.1) is 18.8 Å². The number of pyridine rings is 1. The summed E-state index contributed by atoms with van der Waals surface area (Å²) in [5, 5.41) is 3.73. The molecule has 0 saturated carbocycles. The third-order valence-corrected chi connectivity index (χ3v) is 8.10. The normalized spacial score (nSPS) is 21.1. The molecule has 3 aromatic heterocycles. The summed E-state index contributed by atoms with van der Waals surface area (Å²) in [5.74, 6) is 1.09. The third-order valence-electron chi connectivity index (χ3n) is 6.92. The van der Waals surface area contributed by atoms with Crippen molar-refractivity contribution >= 4 is 22.5 Å². The van der Waals surface area contributed by atoms with Crippen molar-refractivity contribution < 1.29 is 4.74 Å². The van der Waals surface area contributed by atoms with Crippen LogP contribution in [0.3, 0.4) is 0 Å². The molecule has 6 heterocycles. The molecule has 9 heteroatoms. The largest absolute Gasteiger partial charge is 0.492 e. The maximum atomic E-state index is 12.6. The summed E-state index contributed by atoms with van der Waals surface area (Å²) >= 11 is 1.88. The third kappa shape index (κ3) is 3.58. The van der Waals surface area contributed by atoms with Crippen LogP contribution in [0.1, 0.15) is 35.1 Å². The van der Waals surface area contributed by atoms with Gasteiger partial charge in [0, 0.05) is 41.5 Å². The van der Waals surface area contributed by atoms with E-state index in [2.05, 4.69) is 21.3 Å². The number of nitrogens with one attached hydrogen (secondary N) is 1. The van der Waals surface area contributed by atoms with Gasteiger partial charge in [-0.05, 0) is 50.9 Å². The molecule has 168 valence electrons. The highest BCUT2D eigenvalue weighted by molar-refractivity contribution is 7.12. The second-order valence-electron chi connectivity index (χ2n) is 9.02. The molecule has 1 N–H and O–H groups in total. The van der Waals surface area contributed by atoms with Crippen molar-refractivity contribution in [3.05, 3.63) is 54.9 Å². The van der Waals surface area contributed by atoms with E-state index in [-0.39, 0.29) is 17.2 Å². The molecule has 3 aliphatic heterocycles. The summed E-state index contributed by atoms with van der Waals surface area (Å²) in [5.41, 5.74) is 1.17. The number of ether oxygens (including phenoxy) is 1. The van der Waals surface area contributed by atoms with Gasteiger partial charge < -0.3 is 15.0 Å². The monoisotopic (exact) mass is 453 g/mol. The predicted octanol–water partition coefficient (Wildman–Crippen LogP) is 1.75. The summed E-state index contributed by atoms with van der Waals surface area (Å²) in [4.78, 5) is 34.3. The molecule has 1 atom stereocenters. The van der Waals surface area contributed by atoms with E-state index in [4.69, 9.17) is 4.74 Å². The number of nitrogens with zero attached hydrogens (tertiary/aromatic N) is 4. The van der Waals surface area contributed by atoms with Crippen molar-refractivity contribution in [2.45, 2.75) is 50.9 Å². The van der Waals surface area contributed by atoms with Crippen molar-refractivity contribution in [2.24, 2.45) is 0 Å². The zero-order valence-electron chi connectivity index (χ0n) is 18.0. The maximum Gasteiger partial charge on any atom is 0.270 e. The lowest BCUT2D eigenvalue weighted by Gasteiger charge is -2.34. The van der Waals surface area contributed by atoms with Crippen LogP contribution in [0.25, 0.3) is 11.2 Å². The van der Waals surface area contributed by atoms with Gasteiger partial charge in [0.1, 0.15) is 16.9 Å². The Kier molecular flexibility index (Phi) is 5.12. The molecule has 0 unspecified atom stereocenters. The highest BCUT2D eigenvalue weighted by atomic mass is 32.1. The van der Waals surface area contributed by atoms with E-state index in [0.29, 0.717) is 23.8 Å². The van der Waals surface area contributed by atoms with Crippen LogP contribution in [0.15, 0.2) is 34.0 Å². The Labute approximate surface area is 189 Å². The van der Waals surface area contributed by atoms with E-state index in [9.17, 15) is 9.59 Å². The van der Waals surface area contributed by atoms with Gasteiger partial charge in [0.2, 0.25) is 0 Å². The number of likely N-dealkylation sites (tertiary alicyclic amines) is 1. The minimum Gasteiger partial charge on any atom is -0.492 e. The Morgan fingerprint density at radius 2 is 2.06 bits per heavy atom. The van der Waals surface area contributed by atoms with Crippen molar-refractivity contribution in [1.29, 1.82) is 0 Å². The molecule has 8 nitrogen and oxygen atoms in total. The Morgan fingerprint density at radius 1 is 1.19 bits per heavy atom. The number of hydrogen-bond acceptors (Lipinski definition) is 7. The minimum absolute atomic E-state index is 0.0231. The highest BCUT2D eigenvalue weighted by Gasteiger charge is 2.29. The van der Waals surface area contributed by atoms with Crippen molar-refractivity contribution in [3.63, 3.8) is 0 Å². The summed E-state index contributed by atoms with van der Waals surface area (Å²) in [7, 11) is 0. The fourth-order valence-electron chi connectivity index (χ4n) is 5.29. The quantitative estimate of drug-likeness (QED) is 0.634. The molecule has 3 aromatic rings. The second kappa shape index (κ2) is 8.13. The summed E-state index contributed by atoms with van der Waals surface area (Å²) in [6, 6.07) is 5.93. The Morgan fingerprint density at radius 3 is 2.91 bits per heavy atom. The van der Waals surface area contributed by atoms with Crippen molar-refractivity contribution in [2.75, 3.05) is 26.2 Å². The lowest BCUT2D eigenvalue weighted by Crippen LogP contribution is -2.44. The van der Waals surface area contributed by atoms with Gasteiger partial charge in [0.15, 0.2) is 0 Å². The minimum atomic E-state index is -0.126. The van der Waals surface area contributed by atoms with Crippen molar-refractivity contribution in [1.82, 2.24) is 24.3 Å². The molecule has 3 aliphatic rings. The lowest BCUT2D eigenvalue weighted by atomic mass is 10.0. The fraction of sp³-hybridized carbons (Fsp3) is 0.522. The van der Waals surface area contributed by atoms with Gasteiger partial charge >= 0.3 is 0 Å². The van der Waals surface area contributed by atoms with Crippen LogP contribution in [0.5, 0.6) is 5.75 Å². The number of aryl methyl sites for hydroxylation is 1. The number of piperidine rings is 1. The zero-order chi connectivity index (χ0) is 21.7.